The third kappa shape index (κ3) is 4.81. The van der Waals surface area contributed by atoms with Crippen molar-refractivity contribution in [1.29, 1.82) is 0 Å². The van der Waals surface area contributed by atoms with E-state index in [4.69, 9.17) is 13.9 Å². The van der Waals surface area contributed by atoms with Gasteiger partial charge in [-0.2, -0.15) is 0 Å². The van der Waals surface area contributed by atoms with Crippen molar-refractivity contribution in [2.24, 2.45) is 0 Å². The summed E-state index contributed by atoms with van der Waals surface area (Å²) >= 11 is 0. The average Bonchev–Trinajstić information content (AvgIpc) is 2.92. The lowest BCUT2D eigenvalue weighted by molar-refractivity contribution is -0.383. The zero-order valence-electron chi connectivity index (χ0n) is 19.1. The summed E-state index contributed by atoms with van der Waals surface area (Å²) in [5.41, 5.74) is 1.57. The van der Waals surface area contributed by atoms with Crippen LogP contribution in [0.1, 0.15) is 11.1 Å². The number of rotatable bonds is 8. The summed E-state index contributed by atoms with van der Waals surface area (Å²) < 4.78 is 17.8. The molecule has 36 heavy (non-hydrogen) atoms. The molecule has 1 heterocycles. The van der Waals surface area contributed by atoms with Crippen LogP contribution >= 0.6 is 0 Å². The molecule has 0 spiro atoms. The third-order valence-electron chi connectivity index (χ3n) is 5.64. The zero-order chi connectivity index (χ0) is 24.9. The van der Waals surface area contributed by atoms with Crippen LogP contribution in [0, 0.1) is 10.1 Å². The summed E-state index contributed by atoms with van der Waals surface area (Å²) in [6.07, 6.45) is 0. The highest BCUT2D eigenvalue weighted by atomic mass is 16.6. The molecule has 0 fully saturated rings. The van der Waals surface area contributed by atoms with Crippen LogP contribution in [0.3, 0.4) is 0 Å². The lowest BCUT2D eigenvalue weighted by Crippen LogP contribution is -2.11. The minimum atomic E-state index is -0.569. The highest BCUT2D eigenvalue weighted by Crippen LogP contribution is 2.35. The fourth-order valence-electron chi connectivity index (χ4n) is 3.82. The molecule has 0 saturated heterocycles. The van der Waals surface area contributed by atoms with E-state index < -0.39 is 10.4 Å². The molecular weight excluding hydrogens is 458 g/mol. The molecule has 4 aromatic carbocycles. The predicted molar refractivity (Wildman–Crippen MR) is 136 cm³/mol. The Morgan fingerprint density at radius 3 is 1.94 bits per heavy atom. The maximum Gasteiger partial charge on any atom is 0.312 e. The number of nitro benzene ring substituents is 1. The van der Waals surface area contributed by atoms with Crippen molar-refractivity contribution < 1.29 is 18.8 Å². The summed E-state index contributed by atoms with van der Waals surface area (Å²) in [4.78, 5) is 24.4. The molecule has 7 nitrogen and oxygen atoms in total. The Morgan fingerprint density at radius 1 is 0.722 bits per heavy atom. The highest BCUT2D eigenvalue weighted by molar-refractivity contribution is 5.88. The van der Waals surface area contributed by atoms with Gasteiger partial charge in [-0.25, -0.2) is 0 Å². The van der Waals surface area contributed by atoms with E-state index in [0.29, 0.717) is 17.9 Å². The van der Waals surface area contributed by atoms with Crippen LogP contribution in [0.25, 0.3) is 22.3 Å². The largest absolute Gasteiger partial charge is 0.489 e. The number of ether oxygens (including phenoxy) is 2. The van der Waals surface area contributed by atoms with E-state index in [9.17, 15) is 14.9 Å². The van der Waals surface area contributed by atoms with Gasteiger partial charge in [-0.3, -0.25) is 14.9 Å². The molecule has 1 aromatic heterocycles. The van der Waals surface area contributed by atoms with E-state index in [1.807, 2.05) is 60.7 Å². The molecule has 178 valence electrons. The second kappa shape index (κ2) is 10.1. The smallest absolute Gasteiger partial charge is 0.312 e. The third-order valence-corrected chi connectivity index (χ3v) is 5.64. The van der Waals surface area contributed by atoms with E-state index in [1.165, 1.54) is 18.2 Å². The van der Waals surface area contributed by atoms with Crippen molar-refractivity contribution in [2.75, 3.05) is 0 Å². The summed E-state index contributed by atoms with van der Waals surface area (Å²) in [6, 6.07) is 30.4. The number of nitrogens with zero attached hydrogens (tertiary/aromatic N) is 1. The number of non-ortho nitro benzene ring substituents is 1. The molecule has 0 unspecified atom stereocenters. The number of hydrogen-bond donors (Lipinski definition) is 0. The van der Waals surface area contributed by atoms with Gasteiger partial charge in [0.25, 0.3) is 0 Å². The van der Waals surface area contributed by atoms with Gasteiger partial charge < -0.3 is 13.9 Å². The lowest BCUT2D eigenvalue weighted by Gasteiger charge is -2.13. The monoisotopic (exact) mass is 479 g/mol. The minimum absolute atomic E-state index is 0.00944. The molecule has 0 saturated carbocycles. The Hall–Kier alpha value is -4.91. The molecule has 5 aromatic rings. The molecule has 0 bridgehead atoms. The second-order valence-corrected chi connectivity index (χ2v) is 8.07. The summed E-state index contributed by atoms with van der Waals surface area (Å²) in [6.45, 7) is 0.542. The van der Waals surface area contributed by atoms with E-state index in [2.05, 4.69) is 0 Å². The Morgan fingerprint density at radius 2 is 1.33 bits per heavy atom. The van der Waals surface area contributed by atoms with Gasteiger partial charge in [0.15, 0.2) is 5.76 Å². The van der Waals surface area contributed by atoms with E-state index in [0.717, 1.165) is 11.1 Å². The van der Waals surface area contributed by atoms with Gasteiger partial charge >= 0.3 is 5.69 Å². The number of hydrogen-bond acceptors (Lipinski definition) is 6. The van der Waals surface area contributed by atoms with Gasteiger partial charge in [0.1, 0.15) is 19.0 Å². The van der Waals surface area contributed by atoms with E-state index in [-0.39, 0.29) is 34.8 Å². The summed E-state index contributed by atoms with van der Waals surface area (Å²) in [5, 5.41) is 11.7. The molecule has 0 radical (unpaired) electrons. The van der Waals surface area contributed by atoms with Crippen LogP contribution in [-0.2, 0) is 13.2 Å². The molecule has 7 heteroatoms. The topological polar surface area (TPSA) is 91.8 Å². The van der Waals surface area contributed by atoms with Crippen molar-refractivity contribution in [3.05, 3.63) is 135 Å². The Bertz CT molecular complexity index is 1560. The Kier molecular flexibility index (Phi) is 6.44. The highest BCUT2D eigenvalue weighted by Gasteiger charge is 2.23. The van der Waals surface area contributed by atoms with Crippen LogP contribution in [0.5, 0.6) is 11.5 Å². The minimum Gasteiger partial charge on any atom is -0.489 e. The van der Waals surface area contributed by atoms with Crippen molar-refractivity contribution in [2.45, 2.75) is 13.2 Å². The van der Waals surface area contributed by atoms with E-state index in [1.54, 1.807) is 24.3 Å². The molecule has 0 aliphatic heterocycles. The van der Waals surface area contributed by atoms with Crippen LogP contribution in [0.2, 0.25) is 0 Å². The van der Waals surface area contributed by atoms with Crippen molar-refractivity contribution in [3.8, 4) is 22.8 Å². The first-order valence-corrected chi connectivity index (χ1v) is 11.3. The van der Waals surface area contributed by atoms with E-state index >= 15 is 0 Å². The van der Waals surface area contributed by atoms with Crippen LogP contribution in [0.4, 0.5) is 5.69 Å². The van der Waals surface area contributed by atoms with Gasteiger partial charge in [0.05, 0.1) is 10.3 Å². The molecular formula is C29H21NO6. The van der Waals surface area contributed by atoms with Crippen molar-refractivity contribution >= 4 is 16.7 Å². The maximum absolute atomic E-state index is 13.4. The first-order chi connectivity index (χ1) is 17.6. The number of para-hydroxylation sites is 1. The van der Waals surface area contributed by atoms with Gasteiger partial charge in [0, 0.05) is 11.6 Å². The van der Waals surface area contributed by atoms with Gasteiger partial charge in [-0.15, -0.1) is 0 Å². The number of fused-ring (bicyclic) bond motifs is 1. The van der Waals surface area contributed by atoms with Crippen molar-refractivity contribution in [1.82, 2.24) is 0 Å². The fraction of sp³-hybridized carbons (Fsp3) is 0.0690. The average molecular weight is 479 g/mol. The van der Waals surface area contributed by atoms with Crippen LogP contribution < -0.4 is 14.9 Å². The molecule has 5 rings (SSSR count). The van der Waals surface area contributed by atoms with Crippen LogP contribution in [0.15, 0.2) is 112 Å². The molecule has 0 amide bonds. The summed E-state index contributed by atoms with van der Waals surface area (Å²) in [5.74, 6) is 0.737. The predicted octanol–water partition coefficient (Wildman–Crippen LogP) is 6.53. The van der Waals surface area contributed by atoms with Crippen LogP contribution in [-0.4, -0.2) is 4.92 Å². The van der Waals surface area contributed by atoms with Gasteiger partial charge in [0.2, 0.25) is 16.8 Å². The number of nitro groups is 1. The quantitative estimate of drug-likeness (QED) is 0.186. The molecule has 0 N–H and O–H groups in total. The first kappa shape index (κ1) is 22.9. The second-order valence-electron chi connectivity index (χ2n) is 8.07. The van der Waals surface area contributed by atoms with Gasteiger partial charge in [-0.05, 0) is 41.5 Å². The molecule has 0 aliphatic carbocycles. The lowest BCUT2D eigenvalue weighted by atomic mass is 10.1. The molecule has 0 aliphatic rings. The molecule has 0 atom stereocenters. The zero-order valence-corrected chi connectivity index (χ0v) is 19.1. The van der Waals surface area contributed by atoms with Gasteiger partial charge in [-0.1, -0.05) is 66.7 Å². The maximum atomic E-state index is 13.4. The summed E-state index contributed by atoms with van der Waals surface area (Å²) in [7, 11) is 0. The number of benzene rings is 4. The normalized spacial score (nSPS) is 10.8. The van der Waals surface area contributed by atoms with Crippen molar-refractivity contribution in [3.63, 3.8) is 0 Å². The Labute approximate surface area is 206 Å². The fourth-order valence-corrected chi connectivity index (χ4v) is 3.82. The first-order valence-electron chi connectivity index (χ1n) is 11.3. The Balaban J connectivity index is 1.53. The SMILES string of the molecule is O=c1c(OCc2ccccc2)c(-c2ccc(OCc3ccccc3)cc2)oc2c([N+](=O)[O-])cccc12. The standard InChI is InChI=1S/C29H21NO6/c31-26-24-12-7-13-25(30(32)33)28(24)36-27(29(26)35-19-21-10-5-2-6-11-21)22-14-16-23(17-15-22)34-18-20-8-3-1-4-9-20/h1-17H,18-19H2.